The van der Waals surface area contributed by atoms with Gasteiger partial charge in [0.05, 0.1) is 8.49 Å². The first kappa shape index (κ1) is 11.3. The number of Topliss-reactive ketones (excluding diaryl/α,β-unsaturated/α-hetero) is 1. The largest absolute Gasteiger partial charge is 0.501 e. The zero-order valence-corrected chi connectivity index (χ0v) is 10.4. The van der Waals surface area contributed by atoms with Crippen LogP contribution in [0.1, 0.15) is 28.8 Å². The molecule has 1 aliphatic carbocycles. The zero-order valence-electron chi connectivity index (χ0n) is 8.20. The Morgan fingerprint density at radius 1 is 1.44 bits per heavy atom. The van der Waals surface area contributed by atoms with E-state index in [1.54, 1.807) is 0 Å². The summed E-state index contributed by atoms with van der Waals surface area (Å²) in [5.74, 6) is -0.415. The number of phenols is 1. The third kappa shape index (κ3) is 1.66. The van der Waals surface area contributed by atoms with Gasteiger partial charge in [0, 0.05) is 18.1 Å². The zero-order chi connectivity index (χ0) is 11.9. The number of ketones is 1. The molecule has 0 amide bonds. The predicted molar refractivity (Wildman–Crippen MR) is 64.7 cm³/mol. The van der Waals surface area contributed by atoms with Gasteiger partial charge in [0.2, 0.25) is 5.75 Å². The highest BCUT2D eigenvalue weighted by molar-refractivity contribution is 14.1. The van der Waals surface area contributed by atoms with Crippen LogP contribution in [0.3, 0.4) is 0 Å². The number of benzene rings is 1. The molecule has 0 aliphatic heterocycles. The predicted octanol–water partition coefficient (Wildman–Crippen LogP) is 2.42. The Morgan fingerprint density at radius 2 is 2.12 bits per heavy atom. The number of hydrogen-bond donors (Lipinski definition) is 1. The topological polar surface area (TPSA) is 80.4 Å². The highest BCUT2D eigenvalue weighted by atomic mass is 127. The summed E-state index contributed by atoms with van der Waals surface area (Å²) < 4.78 is 0.426. The van der Waals surface area contributed by atoms with E-state index in [1.165, 1.54) is 6.07 Å². The highest BCUT2D eigenvalue weighted by Gasteiger charge is 2.27. The molecule has 0 saturated heterocycles. The van der Waals surface area contributed by atoms with Crippen molar-refractivity contribution in [2.24, 2.45) is 0 Å². The number of carbonyl (C=O) groups is 1. The minimum absolute atomic E-state index is 0.0812. The van der Waals surface area contributed by atoms with Gasteiger partial charge in [-0.1, -0.05) is 0 Å². The molecule has 1 aromatic carbocycles. The number of nitro groups is 1. The summed E-state index contributed by atoms with van der Waals surface area (Å²) in [7, 11) is 0. The lowest BCUT2D eigenvalue weighted by molar-refractivity contribution is -0.386. The van der Waals surface area contributed by atoms with Crippen LogP contribution < -0.4 is 0 Å². The monoisotopic (exact) mass is 333 g/mol. The summed E-state index contributed by atoms with van der Waals surface area (Å²) >= 11 is 1.85. The van der Waals surface area contributed by atoms with Crippen LogP contribution in [-0.4, -0.2) is 15.8 Å². The van der Waals surface area contributed by atoms with Crippen LogP contribution in [0.25, 0.3) is 0 Å². The lowest BCUT2D eigenvalue weighted by atomic mass is 9.90. The smallest absolute Gasteiger partial charge is 0.312 e. The summed E-state index contributed by atoms with van der Waals surface area (Å²) in [5, 5.41) is 20.3. The minimum Gasteiger partial charge on any atom is -0.501 e. The van der Waals surface area contributed by atoms with Crippen LogP contribution in [0.15, 0.2) is 6.07 Å². The maximum Gasteiger partial charge on any atom is 0.312 e. The van der Waals surface area contributed by atoms with Crippen LogP contribution in [-0.2, 0) is 6.42 Å². The van der Waals surface area contributed by atoms with E-state index in [2.05, 4.69) is 0 Å². The van der Waals surface area contributed by atoms with E-state index in [9.17, 15) is 20.0 Å². The Morgan fingerprint density at radius 3 is 2.75 bits per heavy atom. The molecule has 0 unspecified atom stereocenters. The van der Waals surface area contributed by atoms with Crippen LogP contribution >= 0.6 is 22.6 Å². The van der Waals surface area contributed by atoms with Gasteiger partial charge in [0.1, 0.15) is 0 Å². The highest BCUT2D eigenvalue weighted by Crippen LogP contribution is 2.38. The van der Waals surface area contributed by atoms with Gasteiger partial charge in [-0.15, -0.1) is 0 Å². The molecular formula is C10H8INO4. The van der Waals surface area contributed by atoms with Gasteiger partial charge in [-0.25, -0.2) is 0 Å². The lowest BCUT2D eigenvalue weighted by Crippen LogP contribution is -2.13. The van der Waals surface area contributed by atoms with Crippen LogP contribution in [0.4, 0.5) is 5.69 Å². The SMILES string of the molecule is O=C1CCCc2c1cc([N+](=O)[O-])c(O)c2I. The summed E-state index contributed by atoms with van der Waals surface area (Å²) in [6, 6.07) is 1.19. The number of nitrogens with zero attached hydrogens (tertiary/aromatic N) is 1. The van der Waals surface area contributed by atoms with Crippen molar-refractivity contribution in [1.82, 2.24) is 0 Å². The number of fused-ring (bicyclic) bond motifs is 1. The average Bonchev–Trinajstić information content (AvgIpc) is 2.23. The Kier molecular flexibility index (Phi) is 2.83. The number of rotatable bonds is 1. The fourth-order valence-electron chi connectivity index (χ4n) is 1.86. The summed E-state index contributed by atoms with van der Waals surface area (Å²) in [6.07, 6.45) is 1.84. The molecule has 1 N–H and O–H groups in total. The van der Waals surface area contributed by atoms with Crippen molar-refractivity contribution in [3.63, 3.8) is 0 Å². The van der Waals surface area contributed by atoms with Crippen LogP contribution in [0, 0.1) is 13.7 Å². The summed E-state index contributed by atoms with van der Waals surface area (Å²) in [4.78, 5) is 21.6. The normalized spacial score (nSPS) is 14.7. The number of nitro benzene ring substituents is 1. The molecule has 5 nitrogen and oxygen atoms in total. The third-order valence-electron chi connectivity index (χ3n) is 2.65. The fourth-order valence-corrected chi connectivity index (χ4v) is 2.70. The minimum atomic E-state index is -0.667. The number of carbonyl (C=O) groups excluding carboxylic acids is 1. The van der Waals surface area contributed by atoms with Gasteiger partial charge >= 0.3 is 5.69 Å². The maximum absolute atomic E-state index is 11.6. The Labute approximate surface area is 105 Å². The standard InChI is InChI=1S/C10H8INO4/c11-9-5-2-1-3-8(13)6(5)4-7(10(9)14)12(15)16/h4,14H,1-3H2. The van der Waals surface area contributed by atoms with Gasteiger partial charge in [-0.2, -0.15) is 0 Å². The molecule has 1 aromatic rings. The van der Waals surface area contributed by atoms with Gasteiger partial charge in [0.25, 0.3) is 0 Å². The third-order valence-corrected chi connectivity index (χ3v) is 3.81. The van der Waals surface area contributed by atoms with Crippen molar-refractivity contribution >= 4 is 34.1 Å². The molecular weight excluding hydrogens is 325 g/mol. The molecule has 2 rings (SSSR count). The Bertz CT molecular complexity index is 498. The molecule has 0 radical (unpaired) electrons. The van der Waals surface area contributed by atoms with E-state index in [1.807, 2.05) is 22.6 Å². The van der Waals surface area contributed by atoms with Crippen molar-refractivity contribution in [2.75, 3.05) is 0 Å². The first-order chi connectivity index (χ1) is 7.52. The van der Waals surface area contributed by atoms with E-state index >= 15 is 0 Å². The molecule has 16 heavy (non-hydrogen) atoms. The molecule has 1 aliphatic rings. The quantitative estimate of drug-likeness (QED) is 0.486. The lowest BCUT2D eigenvalue weighted by Gasteiger charge is -2.16. The fraction of sp³-hybridized carbons (Fsp3) is 0.300. The molecule has 84 valence electrons. The van der Waals surface area contributed by atoms with E-state index < -0.39 is 10.6 Å². The Balaban J connectivity index is 2.71. The number of halogens is 1. The maximum atomic E-state index is 11.6. The number of aromatic hydroxyl groups is 1. The molecule has 0 heterocycles. The van der Waals surface area contributed by atoms with E-state index in [4.69, 9.17) is 0 Å². The first-order valence-electron chi connectivity index (χ1n) is 4.74. The molecule has 0 saturated carbocycles. The van der Waals surface area contributed by atoms with Crippen molar-refractivity contribution in [3.8, 4) is 5.75 Å². The van der Waals surface area contributed by atoms with Gasteiger partial charge in [0.15, 0.2) is 5.78 Å². The molecule has 6 heteroatoms. The molecule has 0 atom stereocenters. The number of phenolic OH excluding ortho intramolecular Hbond substituents is 1. The first-order valence-corrected chi connectivity index (χ1v) is 5.82. The van der Waals surface area contributed by atoms with Crippen molar-refractivity contribution < 1.29 is 14.8 Å². The Hall–Kier alpha value is -1.18. The van der Waals surface area contributed by atoms with E-state index in [0.29, 0.717) is 22.0 Å². The average molecular weight is 333 g/mol. The van der Waals surface area contributed by atoms with E-state index in [-0.39, 0.29) is 11.5 Å². The molecule has 0 fully saturated rings. The second-order valence-electron chi connectivity index (χ2n) is 3.62. The van der Waals surface area contributed by atoms with Crippen molar-refractivity contribution in [3.05, 3.63) is 30.9 Å². The summed E-state index contributed by atoms with van der Waals surface area (Å²) in [5.41, 5.74) is 0.735. The number of hydrogen-bond acceptors (Lipinski definition) is 4. The van der Waals surface area contributed by atoms with Gasteiger partial charge < -0.3 is 5.11 Å². The second-order valence-corrected chi connectivity index (χ2v) is 4.70. The second kappa shape index (κ2) is 4.00. The van der Waals surface area contributed by atoms with Crippen LogP contribution in [0.5, 0.6) is 5.75 Å². The summed E-state index contributed by atoms with van der Waals surface area (Å²) in [6.45, 7) is 0. The van der Waals surface area contributed by atoms with Gasteiger partial charge in [-0.05, 0) is 41.0 Å². The molecule has 0 bridgehead atoms. The van der Waals surface area contributed by atoms with E-state index in [0.717, 1.165) is 12.0 Å². The van der Waals surface area contributed by atoms with Gasteiger partial charge in [-0.3, -0.25) is 14.9 Å². The van der Waals surface area contributed by atoms with Crippen molar-refractivity contribution in [1.29, 1.82) is 0 Å². The van der Waals surface area contributed by atoms with Crippen LogP contribution in [0.2, 0.25) is 0 Å². The molecule has 0 spiro atoms. The molecule has 0 aromatic heterocycles. The van der Waals surface area contributed by atoms with Crippen molar-refractivity contribution in [2.45, 2.75) is 19.3 Å².